The SMILES string of the molecule is Nc1nc2ccc(C(O)C(O)CCCl)cc2s1. The second-order valence-corrected chi connectivity index (χ2v) is 5.21. The van der Waals surface area contributed by atoms with E-state index in [0.29, 0.717) is 23.0 Å². The molecular weight excluding hydrogens is 260 g/mol. The van der Waals surface area contributed by atoms with Crippen molar-refractivity contribution < 1.29 is 10.2 Å². The number of nitrogens with zero attached hydrogens (tertiary/aromatic N) is 1. The number of anilines is 1. The fourth-order valence-electron chi connectivity index (χ4n) is 1.63. The van der Waals surface area contributed by atoms with Crippen LogP contribution in [0.15, 0.2) is 18.2 Å². The van der Waals surface area contributed by atoms with Crippen molar-refractivity contribution in [3.63, 3.8) is 0 Å². The average Bonchev–Trinajstić information content (AvgIpc) is 2.67. The molecule has 4 nitrogen and oxygen atoms in total. The number of thiazole rings is 1. The highest BCUT2D eigenvalue weighted by molar-refractivity contribution is 7.22. The highest BCUT2D eigenvalue weighted by atomic mass is 35.5. The maximum Gasteiger partial charge on any atom is 0.181 e. The van der Waals surface area contributed by atoms with E-state index in [1.54, 1.807) is 18.2 Å². The lowest BCUT2D eigenvalue weighted by molar-refractivity contribution is 0.0171. The zero-order valence-corrected chi connectivity index (χ0v) is 10.6. The number of nitrogen functional groups attached to an aromatic ring is 1. The molecule has 0 radical (unpaired) electrons. The molecule has 0 fully saturated rings. The highest BCUT2D eigenvalue weighted by Crippen LogP contribution is 2.28. The summed E-state index contributed by atoms with van der Waals surface area (Å²) in [6.45, 7) is 0. The number of benzene rings is 1. The first kappa shape index (κ1) is 12.6. The predicted molar refractivity (Wildman–Crippen MR) is 70.3 cm³/mol. The van der Waals surface area contributed by atoms with E-state index in [0.717, 1.165) is 10.2 Å². The molecule has 0 saturated carbocycles. The zero-order chi connectivity index (χ0) is 12.4. The van der Waals surface area contributed by atoms with Crippen molar-refractivity contribution in [3.8, 4) is 0 Å². The molecule has 92 valence electrons. The second kappa shape index (κ2) is 5.18. The van der Waals surface area contributed by atoms with Gasteiger partial charge in [-0.2, -0.15) is 0 Å². The molecule has 1 heterocycles. The summed E-state index contributed by atoms with van der Waals surface area (Å²) in [7, 11) is 0. The summed E-state index contributed by atoms with van der Waals surface area (Å²) < 4.78 is 0.900. The Kier molecular flexibility index (Phi) is 3.83. The summed E-state index contributed by atoms with van der Waals surface area (Å²) in [6.07, 6.45) is -1.43. The van der Waals surface area contributed by atoms with Crippen molar-refractivity contribution in [1.29, 1.82) is 0 Å². The van der Waals surface area contributed by atoms with Gasteiger partial charge in [-0.15, -0.1) is 11.6 Å². The first-order valence-corrected chi connectivity index (χ1v) is 6.55. The van der Waals surface area contributed by atoms with Gasteiger partial charge in [0.15, 0.2) is 5.13 Å². The Bertz CT molecular complexity index is 517. The Morgan fingerprint density at radius 1 is 1.41 bits per heavy atom. The van der Waals surface area contributed by atoms with Crippen LogP contribution in [-0.4, -0.2) is 27.2 Å². The molecule has 2 rings (SSSR count). The summed E-state index contributed by atoms with van der Waals surface area (Å²) in [5.74, 6) is 0.313. The summed E-state index contributed by atoms with van der Waals surface area (Å²) >= 11 is 6.89. The number of hydrogen-bond donors (Lipinski definition) is 3. The zero-order valence-electron chi connectivity index (χ0n) is 9.01. The van der Waals surface area contributed by atoms with E-state index in [1.807, 2.05) is 0 Å². The quantitative estimate of drug-likeness (QED) is 0.743. The Labute approximate surface area is 108 Å². The molecule has 2 unspecified atom stereocenters. The lowest BCUT2D eigenvalue weighted by Crippen LogP contribution is -2.18. The smallest absolute Gasteiger partial charge is 0.181 e. The first-order chi connectivity index (χ1) is 8.11. The minimum Gasteiger partial charge on any atom is -0.390 e. The van der Waals surface area contributed by atoms with E-state index in [2.05, 4.69) is 4.98 Å². The molecule has 1 aromatic carbocycles. The van der Waals surface area contributed by atoms with Crippen LogP contribution in [0.3, 0.4) is 0 Å². The fraction of sp³-hybridized carbons (Fsp3) is 0.364. The van der Waals surface area contributed by atoms with Crippen LogP contribution in [0.25, 0.3) is 10.2 Å². The van der Waals surface area contributed by atoms with E-state index in [-0.39, 0.29) is 0 Å². The predicted octanol–water partition coefficient (Wildman–Crippen LogP) is 1.90. The van der Waals surface area contributed by atoms with Crippen LogP contribution in [0.5, 0.6) is 0 Å². The molecule has 6 heteroatoms. The molecule has 4 N–H and O–H groups in total. The molecule has 0 bridgehead atoms. The minimum atomic E-state index is -0.929. The van der Waals surface area contributed by atoms with Gasteiger partial charge >= 0.3 is 0 Å². The Hall–Kier alpha value is -0.880. The number of hydrogen-bond acceptors (Lipinski definition) is 5. The maximum atomic E-state index is 9.93. The number of rotatable bonds is 4. The van der Waals surface area contributed by atoms with Gasteiger partial charge in [0.25, 0.3) is 0 Å². The number of aromatic nitrogens is 1. The Morgan fingerprint density at radius 2 is 2.18 bits per heavy atom. The van der Waals surface area contributed by atoms with Crippen molar-refractivity contribution in [2.24, 2.45) is 0 Å². The number of aliphatic hydroxyl groups excluding tert-OH is 2. The molecule has 2 aromatic rings. The van der Waals surface area contributed by atoms with Crippen LogP contribution in [-0.2, 0) is 0 Å². The van der Waals surface area contributed by atoms with Crippen molar-refractivity contribution in [3.05, 3.63) is 23.8 Å². The molecule has 0 spiro atoms. The molecule has 0 aliphatic heterocycles. The van der Waals surface area contributed by atoms with E-state index in [4.69, 9.17) is 17.3 Å². The second-order valence-electron chi connectivity index (χ2n) is 3.77. The van der Waals surface area contributed by atoms with E-state index < -0.39 is 12.2 Å². The van der Waals surface area contributed by atoms with Gasteiger partial charge in [-0.25, -0.2) is 4.98 Å². The normalized spacial score (nSPS) is 15.0. The number of halogens is 1. The molecule has 0 saturated heterocycles. The van der Waals surface area contributed by atoms with Gasteiger partial charge in [-0.3, -0.25) is 0 Å². The summed E-state index contributed by atoms with van der Waals surface area (Å²) in [4.78, 5) is 4.13. The number of nitrogens with two attached hydrogens (primary N) is 1. The van der Waals surface area contributed by atoms with Crippen LogP contribution in [0.4, 0.5) is 5.13 Å². The van der Waals surface area contributed by atoms with Gasteiger partial charge in [0.1, 0.15) is 6.10 Å². The van der Waals surface area contributed by atoms with Crippen molar-refractivity contribution in [2.75, 3.05) is 11.6 Å². The van der Waals surface area contributed by atoms with Crippen LogP contribution in [0.1, 0.15) is 18.1 Å². The van der Waals surface area contributed by atoms with Crippen molar-refractivity contribution >= 4 is 38.3 Å². The summed E-state index contributed by atoms with van der Waals surface area (Å²) in [5.41, 5.74) is 7.06. The van der Waals surface area contributed by atoms with E-state index in [9.17, 15) is 10.2 Å². The molecule has 0 amide bonds. The third-order valence-corrected chi connectivity index (χ3v) is 3.61. The molecule has 1 aromatic heterocycles. The van der Waals surface area contributed by atoms with Crippen LogP contribution < -0.4 is 5.73 Å². The maximum absolute atomic E-state index is 9.93. The third-order valence-electron chi connectivity index (χ3n) is 2.54. The van der Waals surface area contributed by atoms with Gasteiger partial charge in [-0.05, 0) is 24.1 Å². The van der Waals surface area contributed by atoms with Crippen LogP contribution in [0, 0.1) is 0 Å². The topological polar surface area (TPSA) is 79.4 Å². The Balaban J connectivity index is 2.28. The highest BCUT2D eigenvalue weighted by Gasteiger charge is 2.18. The number of fused-ring (bicyclic) bond motifs is 1. The van der Waals surface area contributed by atoms with Gasteiger partial charge in [-0.1, -0.05) is 17.4 Å². The van der Waals surface area contributed by atoms with Gasteiger partial charge in [0.2, 0.25) is 0 Å². The third kappa shape index (κ3) is 2.69. The van der Waals surface area contributed by atoms with Crippen LogP contribution >= 0.6 is 22.9 Å². The van der Waals surface area contributed by atoms with Crippen molar-refractivity contribution in [1.82, 2.24) is 4.98 Å². The fourth-order valence-corrected chi connectivity index (χ4v) is 2.64. The number of alkyl halides is 1. The number of aliphatic hydroxyl groups is 2. The Morgan fingerprint density at radius 3 is 2.88 bits per heavy atom. The monoisotopic (exact) mass is 272 g/mol. The molecule has 17 heavy (non-hydrogen) atoms. The lowest BCUT2D eigenvalue weighted by Gasteiger charge is -2.16. The average molecular weight is 273 g/mol. The largest absolute Gasteiger partial charge is 0.390 e. The lowest BCUT2D eigenvalue weighted by atomic mass is 10.0. The van der Waals surface area contributed by atoms with E-state index in [1.165, 1.54) is 11.3 Å². The van der Waals surface area contributed by atoms with E-state index >= 15 is 0 Å². The molecule has 0 aliphatic rings. The summed E-state index contributed by atoms with van der Waals surface area (Å²) in [6, 6.07) is 5.32. The molecule has 2 atom stereocenters. The molecular formula is C11H13ClN2O2S. The summed E-state index contributed by atoms with van der Waals surface area (Å²) in [5, 5.41) is 20.1. The van der Waals surface area contributed by atoms with Gasteiger partial charge in [0.05, 0.1) is 16.3 Å². The molecule has 0 aliphatic carbocycles. The minimum absolute atomic E-state index is 0.313. The standard InChI is InChI=1S/C11H13ClN2O2S/c12-4-3-8(15)10(16)6-1-2-7-9(5-6)17-11(13)14-7/h1-2,5,8,10,15-16H,3-4H2,(H2,13,14). The van der Waals surface area contributed by atoms with Crippen molar-refractivity contribution in [2.45, 2.75) is 18.6 Å². The first-order valence-electron chi connectivity index (χ1n) is 5.20. The van der Waals surface area contributed by atoms with Crippen LogP contribution in [0.2, 0.25) is 0 Å². The van der Waals surface area contributed by atoms with Gasteiger partial charge in [0, 0.05) is 5.88 Å². The van der Waals surface area contributed by atoms with Gasteiger partial charge < -0.3 is 15.9 Å².